The van der Waals surface area contributed by atoms with Crippen LogP contribution in [0.1, 0.15) is 11.1 Å². The third kappa shape index (κ3) is 8.39. The van der Waals surface area contributed by atoms with Gasteiger partial charge in [0.05, 0.1) is 10.4 Å². The summed E-state index contributed by atoms with van der Waals surface area (Å²) in [6.07, 6.45) is 1.98. The van der Waals surface area contributed by atoms with E-state index in [1.54, 1.807) is 0 Å². The largest absolute Gasteiger partial charge is 0.382 e. The van der Waals surface area contributed by atoms with Crippen LogP contribution in [0, 0.1) is 0 Å². The summed E-state index contributed by atoms with van der Waals surface area (Å²) in [6.45, 7) is 0. The average molecular weight is 455 g/mol. The number of hydrogen-bond acceptors (Lipinski definition) is 5. The van der Waals surface area contributed by atoms with Crippen LogP contribution in [0.5, 0.6) is 0 Å². The van der Waals surface area contributed by atoms with Gasteiger partial charge in [0.25, 0.3) is 0 Å². The Kier molecular flexibility index (Phi) is 10.1. The Morgan fingerprint density at radius 2 is 1.07 bits per heavy atom. The molecule has 2 aromatic carbocycles. The molecule has 7 heteroatoms. The summed E-state index contributed by atoms with van der Waals surface area (Å²) in [5.74, 6) is 2.03. The van der Waals surface area contributed by atoms with Gasteiger partial charge in [-0.25, -0.2) is 0 Å². The Morgan fingerprint density at radius 3 is 1.41 bits per heavy atom. The van der Waals surface area contributed by atoms with E-state index in [4.69, 9.17) is 9.47 Å². The smallest absolute Gasteiger partial charge is 0.0617 e. The molecule has 0 N–H and O–H groups in total. The zero-order valence-electron chi connectivity index (χ0n) is 16.6. The second-order valence-corrected chi connectivity index (χ2v) is 15.1. The summed E-state index contributed by atoms with van der Waals surface area (Å²) in [6, 6.07) is 21.3. The highest BCUT2D eigenvalue weighted by Crippen LogP contribution is 2.39. The Hall–Kier alpha value is -0.156. The maximum Gasteiger partial charge on any atom is 0.0617 e. The molecule has 0 aliphatic rings. The molecule has 0 aliphatic carbocycles. The van der Waals surface area contributed by atoms with Gasteiger partial charge in [0.2, 0.25) is 0 Å². The number of methoxy groups -OCH3 is 2. The lowest BCUT2D eigenvalue weighted by Crippen LogP contribution is -2.37. The van der Waals surface area contributed by atoms with E-state index >= 15 is 0 Å². The predicted octanol–water partition coefficient (Wildman–Crippen LogP) is 2.92. The van der Waals surface area contributed by atoms with Crippen LogP contribution in [0.3, 0.4) is 0 Å². The minimum absolute atomic E-state index is 0.0110. The van der Waals surface area contributed by atoms with Gasteiger partial charge in [-0.2, -0.15) is 0 Å². The molecule has 2 aromatic rings. The van der Waals surface area contributed by atoms with E-state index in [0.717, 1.165) is 44.8 Å². The molecule has 0 aromatic heterocycles. The summed E-state index contributed by atoms with van der Waals surface area (Å²) in [5.41, 5.74) is 2.71. The van der Waals surface area contributed by atoms with E-state index in [2.05, 4.69) is 60.7 Å². The highest BCUT2D eigenvalue weighted by atomic mass is 33.5. The van der Waals surface area contributed by atoms with Crippen molar-refractivity contribution in [1.29, 1.82) is 0 Å². The molecule has 0 aliphatic heterocycles. The summed E-state index contributed by atoms with van der Waals surface area (Å²) in [4.78, 5) is 0. The Bertz CT molecular complexity index is 605. The van der Waals surface area contributed by atoms with Gasteiger partial charge < -0.3 is 9.47 Å². The van der Waals surface area contributed by atoms with Crippen LogP contribution in [0.25, 0.3) is 0 Å². The minimum atomic E-state index is -0.0110. The Labute approximate surface area is 181 Å². The quantitative estimate of drug-likeness (QED) is 0.278. The van der Waals surface area contributed by atoms with E-state index in [0.29, 0.717) is 0 Å². The van der Waals surface area contributed by atoms with Gasteiger partial charge in [-0.05, 0) is 33.8 Å². The van der Waals surface area contributed by atoms with Gasteiger partial charge in [-0.1, -0.05) is 82.3 Å². The number of benzene rings is 2. The van der Waals surface area contributed by atoms with Gasteiger partial charge in [0.15, 0.2) is 0 Å². The molecule has 2 nitrogen and oxygen atoms in total. The third-order valence-electron chi connectivity index (χ3n) is 4.65. The van der Waals surface area contributed by atoms with Crippen LogP contribution in [-0.2, 0) is 22.3 Å². The molecule has 148 valence electrons. The predicted molar refractivity (Wildman–Crippen MR) is 132 cm³/mol. The zero-order chi connectivity index (χ0) is 19.6. The number of rotatable bonds is 12. The summed E-state index contributed by atoms with van der Waals surface area (Å²) in [7, 11) is 11.4. The fourth-order valence-electron chi connectivity index (χ4n) is 2.75. The van der Waals surface area contributed by atoms with Crippen LogP contribution in [-0.4, -0.2) is 56.7 Å². The van der Waals surface area contributed by atoms with Crippen molar-refractivity contribution in [3.8, 4) is 0 Å². The van der Waals surface area contributed by atoms with Crippen LogP contribution in [0.15, 0.2) is 60.7 Å². The Morgan fingerprint density at radius 1 is 0.704 bits per heavy atom. The number of ether oxygens (including phenoxy) is 2. The van der Waals surface area contributed by atoms with Crippen LogP contribution in [0.4, 0.5) is 0 Å². The maximum atomic E-state index is 5.89. The lowest BCUT2D eigenvalue weighted by atomic mass is 10.1. The van der Waals surface area contributed by atoms with Crippen molar-refractivity contribution in [2.75, 3.05) is 25.7 Å². The lowest BCUT2D eigenvalue weighted by Gasteiger charge is -2.29. The van der Waals surface area contributed by atoms with Crippen molar-refractivity contribution in [3.05, 3.63) is 71.8 Å². The average Bonchev–Trinajstić information content (AvgIpc) is 2.69. The number of hydrogen-bond donors (Lipinski definition) is 0. The third-order valence-corrected chi connectivity index (χ3v) is 12.6. The zero-order valence-corrected chi connectivity index (χ0v) is 23.1. The van der Waals surface area contributed by atoms with Gasteiger partial charge in [0.1, 0.15) is 0 Å². The monoisotopic (exact) mass is 454 g/mol. The fraction of sp³-hybridized carbons (Fsp3) is 0.400. The van der Waals surface area contributed by atoms with Crippen LogP contribution >= 0.6 is 31.4 Å². The normalized spacial score (nSPS) is 16.1. The van der Waals surface area contributed by atoms with Gasteiger partial charge >= 0.3 is 0 Å². The van der Waals surface area contributed by atoms with Gasteiger partial charge in [-0.3, -0.25) is 0 Å². The second-order valence-electron chi connectivity index (χ2n) is 7.23. The molecule has 0 amide bonds. The van der Waals surface area contributed by atoms with Crippen LogP contribution < -0.4 is 0 Å². The second kappa shape index (κ2) is 11.8. The van der Waals surface area contributed by atoms with E-state index < -0.39 is 0 Å². The Balaban J connectivity index is 1.75. The molecule has 0 spiro atoms. The molecule has 0 bridgehead atoms. The standard InChI is InChI=1S/C20H30O2S3Si2/c1-21-19(26,13-17-9-5-3-6-10-17)15-23-25-24-16-20(27,22-2)14-18-11-7-4-8-12-18/h3-12H,13-16H2,1-2,26-27H3. The van der Waals surface area contributed by atoms with Crippen molar-refractivity contribution in [2.24, 2.45) is 0 Å². The van der Waals surface area contributed by atoms with E-state index in [9.17, 15) is 0 Å². The highest BCUT2D eigenvalue weighted by Gasteiger charge is 2.26. The molecule has 0 fully saturated rings. The SMILES string of the molecule is COC([SiH3])(CSSSCC([SiH3])(Cc1ccccc1)OC)Cc1ccccc1. The van der Waals surface area contributed by atoms with E-state index in [-0.39, 0.29) is 10.4 Å². The first-order valence-corrected chi connectivity index (χ1v) is 14.9. The maximum absolute atomic E-state index is 5.89. The van der Waals surface area contributed by atoms with Crippen molar-refractivity contribution in [3.63, 3.8) is 0 Å². The van der Waals surface area contributed by atoms with Crippen molar-refractivity contribution in [2.45, 2.75) is 23.3 Å². The highest BCUT2D eigenvalue weighted by molar-refractivity contribution is 9.09. The van der Waals surface area contributed by atoms with E-state index in [1.165, 1.54) is 11.1 Å². The van der Waals surface area contributed by atoms with Gasteiger partial charge in [0, 0.05) is 46.2 Å². The van der Waals surface area contributed by atoms with Crippen LogP contribution in [0.2, 0.25) is 0 Å². The first kappa shape index (κ1) is 23.1. The first-order valence-electron chi connectivity index (χ1n) is 9.08. The van der Waals surface area contributed by atoms with Crippen molar-refractivity contribution >= 4 is 51.9 Å². The summed E-state index contributed by atoms with van der Waals surface area (Å²) >= 11 is 0. The van der Waals surface area contributed by atoms with E-state index in [1.807, 2.05) is 45.6 Å². The molecule has 2 atom stereocenters. The molecule has 27 heavy (non-hydrogen) atoms. The molecular formula is C20H30O2S3Si2. The molecule has 2 rings (SSSR count). The minimum Gasteiger partial charge on any atom is -0.382 e. The topological polar surface area (TPSA) is 18.5 Å². The molecular weight excluding hydrogens is 425 g/mol. The molecule has 0 radical (unpaired) electrons. The van der Waals surface area contributed by atoms with Gasteiger partial charge in [-0.15, -0.1) is 0 Å². The lowest BCUT2D eigenvalue weighted by molar-refractivity contribution is 0.0839. The summed E-state index contributed by atoms with van der Waals surface area (Å²) < 4.78 is 11.8. The molecule has 0 heterocycles. The summed E-state index contributed by atoms with van der Waals surface area (Å²) in [5, 5.41) is -0.0220. The molecule has 2 unspecified atom stereocenters. The van der Waals surface area contributed by atoms with Crippen molar-refractivity contribution < 1.29 is 9.47 Å². The molecule has 0 saturated carbocycles. The fourth-order valence-corrected chi connectivity index (χ4v) is 10.3. The first-order chi connectivity index (χ1) is 13.0. The van der Waals surface area contributed by atoms with Crippen molar-refractivity contribution in [1.82, 2.24) is 0 Å². The molecule has 0 saturated heterocycles.